The Hall–Kier alpha value is -1.70. The molecular weight excluding hydrogens is 546 g/mol. The van der Waals surface area contributed by atoms with E-state index in [0.717, 1.165) is 6.07 Å². The molecule has 0 unspecified atom stereocenters. The van der Waals surface area contributed by atoms with Crippen LogP contribution < -0.4 is 59.1 Å². The van der Waals surface area contributed by atoms with E-state index in [1.807, 2.05) is 6.07 Å². The maximum Gasteiger partial charge on any atom is 1.00 e. The van der Waals surface area contributed by atoms with Gasteiger partial charge in [0.15, 0.2) is 0 Å². The van der Waals surface area contributed by atoms with Gasteiger partial charge >= 0.3 is 59.1 Å². The van der Waals surface area contributed by atoms with Crippen LogP contribution in [0, 0.1) is 13.8 Å². The molecule has 0 aliphatic rings. The molecule has 5 aromatic rings. The molecule has 5 rings (SSSR count). The van der Waals surface area contributed by atoms with Crippen molar-refractivity contribution in [1.29, 1.82) is 0 Å². The summed E-state index contributed by atoms with van der Waals surface area (Å²) in [6.45, 7) is 3.12. The van der Waals surface area contributed by atoms with Gasteiger partial charge in [0.1, 0.15) is 20.2 Å². The van der Waals surface area contributed by atoms with Gasteiger partial charge in [-0.25, -0.2) is 21.8 Å². The molecular formula is C26H18N2Na2O6S2. The summed E-state index contributed by atoms with van der Waals surface area (Å²) >= 11 is 0. The van der Waals surface area contributed by atoms with Crippen molar-refractivity contribution in [3.05, 3.63) is 84.2 Å². The molecule has 0 saturated carbocycles. The minimum absolute atomic E-state index is 0. The van der Waals surface area contributed by atoms with Crippen LogP contribution in [0.25, 0.3) is 44.1 Å². The normalized spacial score (nSPS) is 11.7. The molecule has 182 valence electrons. The van der Waals surface area contributed by atoms with Gasteiger partial charge in [-0.1, -0.05) is 60.7 Å². The third-order valence-corrected chi connectivity index (χ3v) is 7.78. The summed E-state index contributed by atoms with van der Waals surface area (Å²) in [5.41, 5.74) is 2.24. The number of aromatic nitrogens is 2. The number of aryl methyl sites for hydroxylation is 2. The summed E-state index contributed by atoms with van der Waals surface area (Å²) in [5.74, 6) is 0. The fourth-order valence-electron chi connectivity index (χ4n) is 4.56. The zero-order chi connectivity index (χ0) is 25.8. The summed E-state index contributed by atoms with van der Waals surface area (Å²) in [7, 11) is -10.1. The number of nitrogens with zero attached hydrogens (tertiary/aromatic N) is 2. The standard InChI is InChI=1S/C26H20N2O6S2.2Na/c1-15-13-19(17-9-5-3-6-10-17)23-21(35(29,30)31)14-20-22(18-11-7-4-8-12-18)26(36(32,33)34)16(2)28-24(20)25(23)27-15;;/h3-14H,1-2H3,(H,29,30,31)(H,32,33,34);;/q;2*+1/p-2. The largest absolute Gasteiger partial charge is 1.00 e. The molecule has 0 aliphatic carbocycles. The van der Waals surface area contributed by atoms with Crippen molar-refractivity contribution in [2.24, 2.45) is 0 Å². The Morgan fingerprint density at radius 3 is 1.76 bits per heavy atom. The van der Waals surface area contributed by atoms with E-state index < -0.39 is 30.0 Å². The van der Waals surface area contributed by atoms with Gasteiger partial charge in [0, 0.05) is 22.0 Å². The van der Waals surface area contributed by atoms with Gasteiger partial charge in [-0.2, -0.15) is 0 Å². The van der Waals surface area contributed by atoms with Crippen molar-refractivity contribution in [1.82, 2.24) is 9.97 Å². The molecule has 0 fully saturated rings. The summed E-state index contributed by atoms with van der Waals surface area (Å²) in [5, 5.41) is 0.109. The van der Waals surface area contributed by atoms with E-state index in [1.54, 1.807) is 67.6 Å². The molecule has 0 amide bonds. The minimum Gasteiger partial charge on any atom is -0.744 e. The summed E-state index contributed by atoms with van der Waals surface area (Å²) in [6, 6.07) is 19.9. The average molecular weight is 565 g/mol. The number of fused-ring (bicyclic) bond motifs is 3. The second-order valence-electron chi connectivity index (χ2n) is 8.35. The average Bonchev–Trinajstić information content (AvgIpc) is 2.82. The summed E-state index contributed by atoms with van der Waals surface area (Å²) in [4.78, 5) is 7.80. The predicted octanol–water partition coefficient (Wildman–Crippen LogP) is -1.45. The van der Waals surface area contributed by atoms with Crippen LogP contribution in [-0.4, -0.2) is 35.9 Å². The number of hydrogen-bond donors (Lipinski definition) is 0. The molecule has 3 aromatic carbocycles. The summed E-state index contributed by atoms with van der Waals surface area (Å²) in [6.07, 6.45) is 0. The first-order valence-electron chi connectivity index (χ1n) is 10.8. The van der Waals surface area contributed by atoms with E-state index in [0.29, 0.717) is 22.4 Å². The van der Waals surface area contributed by atoms with Crippen LogP contribution in [0.2, 0.25) is 0 Å². The van der Waals surface area contributed by atoms with Gasteiger partial charge in [-0.05, 0) is 42.7 Å². The predicted molar refractivity (Wildman–Crippen MR) is 133 cm³/mol. The Bertz CT molecular complexity index is 1900. The Kier molecular flexibility index (Phi) is 9.27. The third kappa shape index (κ3) is 5.62. The van der Waals surface area contributed by atoms with E-state index in [9.17, 15) is 25.9 Å². The maximum absolute atomic E-state index is 12.6. The number of hydrogen-bond acceptors (Lipinski definition) is 8. The zero-order valence-electron chi connectivity index (χ0n) is 21.1. The first kappa shape index (κ1) is 30.8. The van der Waals surface area contributed by atoms with E-state index in [2.05, 4.69) is 9.97 Å². The number of pyridine rings is 2. The van der Waals surface area contributed by atoms with Crippen LogP contribution in [0.1, 0.15) is 11.4 Å². The Morgan fingerprint density at radius 2 is 1.24 bits per heavy atom. The quantitative estimate of drug-likeness (QED) is 0.147. The van der Waals surface area contributed by atoms with E-state index >= 15 is 0 Å². The van der Waals surface area contributed by atoms with Crippen molar-refractivity contribution >= 4 is 42.0 Å². The third-order valence-electron chi connectivity index (χ3n) is 5.92. The summed E-state index contributed by atoms with van der Waals surface area (Å²) < 4.78 is 74.7. The molecule has 0 bridgehead atoms. The smallest absolute Gasteiger partial charge is 0.744 e. The molecule has 0 aliphatic heterocycles. The minimum atomic E-state index is -5.07. The van der Waals surface area contributed by atoms with Crippen LogP contribution in [-0.2, 0) is 20.2 Å². The van der Waals surface area contributed by atoms with E-state index in [4.69, 9.17) is 0 Å². The molecule has 2 heterocycles. The topological polar surface area (TPSA) is 140 Å². The van der Waals surface area contributed by atoms with Crippen LogP contribution in [0.4, 0.5) is 0 Å². The van der Waals surface area contributed by atoms with Gasteiger partial charge in [-0.3, -0.25) is 4.98 Å². The molecule has 0 N–H and O–H groups in total. The molecule has 8 nitrogen and oxygen atoms in total. The Morgan fingerprint density at radius 1 is 0.684 bits per heavy atom. The number of rotatable bonds is 4. The molecule has 0 spiro atoms. The fourth-order valence-corrected chi connectivity index (χ4v) is 6.16. The van der Waals surface area contributed by atoms with Crippen LogP contribution in [0.3, 0.4) is 0 Å². The molecule has 0 atom stereocenters. The molecule has 0 saturated heterocycles. The Balaban J connectivity index is 0.00000200. The second-order valence-corrected chi connectivity index (χ2v) is 11.0. The van der Waals surface area contributed by atoms with Gasteiger partial charge < -0.3 is 9.11 Å². The van der Waals surface area contributed by atoms with Crippen molar-refractivity contribution in [2.75, 3.05) is 0 Å². The van der Waals surface area contributed by atoms with Crippen molar-refractivity contribution in [2.45, 2.75) is 23.6 Å². The van der Waals surface area contributed by atoms with Crippen molar-refractivity contribution in [3.63, 3.8) is 0 Å². The van der Waals surface area contributed by atoms with Crippen LogP contribution in [0.5, 0.6) is 0 Å². The van der Waals surface area contributed by atoms with Gasteiger partial charge in [0.2, 0.25) is 0 Å². The first-order valence-corrected chi connectivity index (χ1v) is 13.6. The molecule has 38 heavy (non-hydrogen) atoms. The Labute approximate surface area is 264 Å². The monoisotopic (exact) mass is 564 g/mol. The second kappa shape index (κ2) is 11.4. The van der Waals surface area contributed by atoms with Crippen LogP contribution in [0.15, 0.2) is 82.6 Å². The van der Waals surface area contributed by atoms with Crippen molar-refractivity contribution < 1.29 is 85.1 Å². The zero-order valence-corrected chi connectivity index (χ0v) is 26.7. The first-order chi connectivity index (χ1) is 17.0. The van der Waals surface area contributed by atoms with Gasteiger partial charge in [-0.15, -0.1) is 0 Å². The molecule has 12 heteroatoms. The van der Waals surface area contributed by atoms with Crippen LogP contribution >= 0.6 is 0 Å². The van der Waals surface area contributed by atoms with Crippen molar-refractivity contribution in [3.8, 4) is 22.3 Å². The van der Waals surface area contributed by atoms with E-state index in [-0.39, 0.29) is 92.2 Å². The number of benzene rings is 3. The van der Waals surface area contributed by atoms with Gasteiger partial charge in [0.25, 0.3) is 0 Å². The maximum atomic E-state index is 12.6. The fraction of sp³-hybridized carbons (Fsp3) is 0.0769. The van der Waals surface area contributed by atoms with E-state index in [1.165, 1.54) is 6.92 Å². The molecule has 2 aromatic heterocycles. The molecule has 0 radical (unpaired) electrons. The SMILES string of the molecule is Cc1cc(-c2ccccc2)c2c(S(=O)(=O)[O-])cc3c(-c4ccccc4)c(S(=O)(=O)[O-])c(C)nc3c2n1.[Na+].[Na+]. The van der Waals surface area contributed by atoms with Gasteiger partial charge in [0.05, 0.1) is 26.5 Å².